The zero-order chi connectivity index (χ0) is 18.6. The van der Waals surface area contributed by atoms with Crippen molar-refractivity contribution in [1.82, 2.24) is 20.2 Å². The molecule has 2 N–H and O–H groups in total. The van der Waals surface area contributed by atoms with Crippen LogP contribution in [0, 0.1) is 5.92 Å². The van der Waals surface area contributed by atoms with Crippen LogP contribution in [0.25, 0.3) is 0 Å². The molecule has 2 heterocycles. The standard InChI is InChI=1S/C18H29N5O2/c1-12(2)15(24)23-8-6-13(7-9-23)21-17(25)22-14-10-19-16(20-11-14)18(3,4)5/h10-13H,6-9H2,1-5H3,(H2,21,22,25). The first-order valence-corrected chi connectivity index (χ1v) is 8.85. The Morgan fingerprint density at radius 2 is 1.72 bits per heavy atom. The minimum absolute atomic E-state index is 0.0175. The smallest absolute Gasteiger partial charge is 0.319 e. The highest BCUT2D eigenvalue weighted by Gasteiger charge is 2.25. The van der Waals surface area contributed by atoms with Gasteiger partial charge in [-0.2, -0.15) is 0 Å². The number of rotatable bonds is 3. The molecule has 0 radical (unpaired) electrons. The van der Waals surface area contributed by atoms with Gasteiger partial charge in [0.25, 0.3) is 0 Å². The van der Waals surface area contributed by atoms with Crippen molar-refractivity contribution in [2.75, 3.05) is 18.4 Å². The SMILES string of the molecule is CC(C)C(=O)N1CCC(NC(=O)Nc2cnc(C(C)(C)C)nc2)CC1. The van der Waals surface area contributed by atoms with E-state index in [0.29, 0.717) is 18.8 Å². The third kappa shape index (κ3) is 5.41. The molecule has 1 aliphatic heterocycles. The maximum absolute atomic E-state index is 12.1. The zero-order valence-corrected chi connectivity index (χ0v) is 15.8. The quantitative estimate of drug-likeness (QED) is 0.879. The highest BCUT2D eigenvalue weighted by atomic mass is 16.2. The van der Waals surface area contributed by atoms with E-state index in [-0.39, 0.29) is 29.3 Å². The van der Waals surface area contributed by atoms with Crippen LogP contribution in [-0.4, -0.2) is 45.9 Å². The lowest BCUT2D eigenvalue weighted by atomic mass is 9.96. The highest BCUT2D eigenvalue weighted by Crippen LogP contribution is 2.18. The van der Waals surface area contributed by atoms with E-state index in [0.717, 1.165) is 18.7 Å². The number of piperidine rings is 1. The monoisotopic (exact) mass is 347 g/mol. The summed E-state index contributed by atoms with van der Waals surface area (Å²) in [5.41, 5.74) is 0.445. The first-order valence-electron chi connectivity index (χ1n) is 8.85. The van der Waals surface area contributed by atoms with Crippen LogP contribution in [0.1, 0.15) is 53.3 Å². The van der Waals surface area contributed by atoms with Gasteiger partial charge in [0.2, 0.25) is 5.91 Å². The molecule has 0 aromatic carbocycles. The molecule has 2 rings (SSSR count). The third-order valence-electron chi connectivity index (χ3n) is 4.22. The Labute approximate surface area is 149 Å². The van der Waals surface area contributed by atoms with Crippen molar-refractivity contribution in [3.63, 3.8) is 0 Å². The molecule has 0 aliphatic carbocycles. The number of hydrogen-bond donors (Lipinski definition) is 2. The number of nitrogens with one attached hydrogen (secondary N) is 2. The van der Waals surface area contributed by atoms with Gasteiger partial charge in [0.15, 0.2) is 0 Å². The summed E-state index contributed by atoms with van der Waals surface area (Å²) in [6, 6.07) is -0.188. The van der Waals surface area contributed by atoms with Crippen molar-refractivity contribution in [2.24, 2.45) is 5.92 Å². The molecule has 0 spiro atoms. The second kappa shape index (κ2) is 7.80. The molecule has 1 aromatic rings. The molecule has 7 heteroatoms. The first kappa shape index (κ1) is 19.1. The van der Waals surface area contributed by atoms with E-state index in [1.165, 1.54) is 0 Å². The summed E-state index contributed by atoms with van der Waals surface area (Å²) in [6.45, 7) is 11.3. The molecule has 1 aromatic heterocycles. The zero-order valence-electron chi connectivity index (χ0n) is 15.8. The minimum atomic E-state index is -0.263. The molecule has 138 valence electrons. The maximum atomic E-state index is 12.1. The van der Waals surface area contributed by atoms with Gasteiger partial charge >= 0.3 is 6.03 Å². The van der Waals surface area contributed by atoms with Crippen molar-refractivity contribution in [3.05, 3.63) is 18.2 Å². The van der Waals surface area contributed by atoms with Gasteiger partial charge in [0.05, 0.1) is 18.1 Å². The summed E-state index contributed by atoms with van der Waals surface area (Å²) < 4.78 is 0. The van der Waals surface area contributed by atoms with Crippen LogP contribution in [-0.2, 0) is 10.2 Å². The van der Waals surface area contributed by atoms with Crippen molar-refractivity contribution in [3.8, 4) is 0 Å². The molecule has 0 atom stereocenters. The number of carbonyl (C=O) groups is 2. The van der Waals surface area contributed by atoms with E-state index in [1.54, 1.807) is 12.4 Å². The van der Waals surface area contributed by atoms with Crippen molar-refractivity contribution in [2.45, 2.75) is 58.9 Å². The summed E-state index contributed by atoms with van der Waals surface area (Å²) in [5, 5.41) is 5.72. The molecule has 1 aliphatic rings. The molecule has 3 amide bonds. The number of hydrogen-bond acceptors (Lipinski definition) is 4. The second-order valence-corrected chi connectivity index (χ2v) is 7.90. The number of aromatic nitrogens is 2. The Morgan fingerprint density at radius 1 is 1.16 bits per heavy atom. The Kier molecular flexibility index (Phi) is 5.98. The van der Waals surface area contributed by atoms with Crippen LogP contribution in [0.15, 0.2) is 12.4 Å². The minimum Gasteiger partial charge on any atom is -0.342 e. The van der Waals surface area contributed by atoms with E-state index in [2.05, 4.69) is 20.6 Å². The fraction of sp³-hybridized carbons (Fsp3) is 0.667. The van der Waals surface area contributed by atoms with Gasteiger partial charge in [0.1, 0.15) is 5.82 Å². The van der Waals surface area contributed by atoms with Gasteiger partial charge in [-0.1, -0.05) is 34.6 Å². The highest BCUT2D eigenvalue weighted by molar-refractivity contribution is 5.89. The van der Waals surface area contributed by atoms with Gasteiger partial charge in [-0.3, -0.25) is 4.79 Å². The van der Waals surface area contributed by atoms with Gasteiger partial charge in [-0.25, -0.2) is 14.8 Å². The normalized spacial score (nSPS) is 16.0. The molecule has 1 saturated heterocycles. The number of likely N-dealkylation sites (tertiary alicyclic amines) is 1. The van der Waals surface area contributed by atoms with Crippen molar-refractivity contribution >= 4 is 17.6 Å². The fourth-order valence-electron chi connectivity index (χ4n) is 2.74. The average molecular weight is 347 g/mol. The number of nitrogens with zero attached hydrogens (tertiary/aromatic N) is 3. The Balaban J connectivity index is 1.80. The molecule has 7 nitrogen and oxygen atoms in total. The lowest BCUT2D eigenvalue weighted by molar-refractivity contribution is -0.135. The summed E-state index contributed by atoms with van der Waals surface area (Å²) in [7, 11) is 0. The molecule has 0 bridgehead atoms. The molecule has 25 heavy (non-hydrogen) atoms. The molecule has 0 unspecified atom stereocenters. The first-order chi connectivity index (χ1) is 11.7. The maximum Gasteiger partial charge on any atom is 0.319 e. The van der Waals surface area contributed by atoms with Crippen molar-refractivity contribution in [1.29, 1.82) is 0 Å². The topological polar surface area (TPSA) is 87.2 Å². The van der Waals surface area contributed by atoms with Crippen LogP contribution >= 0.6 is 0 Å². The Bertz CT molecular complexity index is 599. The molecular formula is C18H29N5O2. The van der Waals surface area contributed by atoms with E-state index < -0.39 is 0 Å². The molecule has 0 saturated carbocycles. The van der Waals surface area contributed by atoms with E-state index in [4.69, 9.17) is 0 Å². The van der Waals surface area contributed by atoms with Gasteiger partial charge < -0.3 is 15.5 Å². The lowest BCUT2D eigenvalue weighted by Crippen LogP contribution is -2.48. The van der Waals surface area contributed by atoms with Crippen LogP contribution in [0.3, 0.4) is 0 Å². The van der Waals surface area contributed by atoms with Gasteiger partial charge in [-0.15, -0.1) is 0 Å². The summed E-state index contributed by atoms with van der Waals surface area (Å²) in [5.74, 6) is 0.934. The predicted octanol–water partition coefficient (Wildman–Crippen LogP) is 2.54. The summed E-state index contributed by atoms with van der Waals surface area (Å²) >= 11 is 0. The Hall–Kier alpha value is -2.18. The van der Waals surface area contributed by atoms with Crippen molar-refractivity contribution < 1.29 is 9.59 Å². The summed E-state index contributed by atoms with van der Waals surface area (Å²) in [6.07, 6.45) is 4.78. The molecular weight excluding hydrogens is 318 g/mol. The van der Waals surface area contributed by atoms with Crippen LogP contribution in [0.5, 0.6) is 0 Å². The fourth-order valence-corrected chi connectivity index (χ4v) is 2.74. The van der Waals surface area contributed by atoms with Crippen LogP contribution in [0.4, 0.5) is 10.5 Å². The van der Waals surface area contributed by atoms with Crippen LogP contribution < -0.4 is 10.6 Å². The van der Waals surface area contributed by atoms with E-state index in [1.807, 2.05) is 39.5 Å². The predicted molar refractivity (Wildman–Crippen MR) is 97.3 cm³/mol. The Morgan fingerprint density at radius 3 is 2.20 bits per heavy atom. The van der Waals surface area contributed by atoms with E-state index in [9.17, 15) is 9.59 Å². The largest absolute Gasteiger partial charge is 0.342 e. The van der Waals surface area contributed by atoms with Crippen LogP contribution in [0.2, 0.25) is 0 Å². The molecule has 1 fully saturated rings. The van der Waals surface area contributed by atoms with Gasteiger partial charge in [0, 0.05) is 30.5 Å². The average Bonchev–Trinajstić information content (AvgIpc) is 2.54. The summed E-state index contributed by atoms with van der Waals surface area (Å²) in [4.78, 5) is 34.6. The second-order valence-electron chi connectivity index (χ2n) is 7.90. The number of carbonyl (C=O) groups excluding carboxylic acids is 2. The number of amides is 3. The number of anilines is 1. The third-order valence-corrected chi connectivity index (χ3v) is 4.22. The number of urea groups is 1. The van der Waals surface area contributed by atoms with Gasteiger partial charge in [-0.05, 0) is 12.8 Å². The lowest BCUT2D eigenvalue weighted by Gasteiger charge is -2.33. The van der Waals surface area contributed by atoms with E-state index >= 15 is 0 Å².